The van der Waals surface area contributed by atoms with E-state index in [-0.39, 0.29) is 18.1 Å². The zero-order valence-electron chi connectivity index (χ0n) is 20.1. The Morgan fingerprint density at radius 2 is 1.97 bits per heavy atom. The van der Waals surface area contributed by atoms with Crippen molar-refractivity contribution in [1.29, 1.82) is 0 Å². The average molecular weight is 466 g/mol. The van der Waals surface area contributed by atoms with Gasteiger partial charge in [-0.05, 0) is 75.0 Å². The molecule has 2 aliphatic carbocycles. The molecule has 2 heterocycles. The minimum absolute atomic E-state index is 0.0721. The van der Waals surface area contributed by atoms with Crippen LogP contribution in [-0.4, -0.2) is 52.8 Å². The van der Waals surface area contributed by atoms with Crippen LogP contribution in [-0.2, 0) is 6.54 Å². The molecule has 2 unspecified atom stereocenters. The summed E-state index contributed by atoms with van der Waals surface area (Å²) in [6.45, 7) is 7.20. The molecule has 0 spiro atoms. The van der Waals surface area contributed by atoms with E-state index in [0.29, 0.717) is 30.5 Å². The molecule has 0 bridgehead atoms. The molecule has 3 fully saturated rings. The Hall–Kier alpha value is -2.87. The lowest BCUT2D eigenvalue weighted by Crippen LogP contribution is -2.39. The van der Waals surface area contributed by atoms with Gasteiger partial charge < -0.3 is 25.4 Å². The topological polar surface area (TPSA) is 99.6 Å². The van der Waals surface area contributed by atoms with Gasteiger partial charge in [-0.2, -0.15) is 4.98 Å². The highest BCUT2D eigenvalue weighted by Gasteiger charge is 2.46. The Morgan fingerprint density at radius 3 is 2.68 bits per heavy atom. The normalized spacial score (nSPS) is 25.6. The molecule has 1 aliphatic heterocycles. The highest BCUT2D eigenvalue weighted by atomic mass is 16.5. The van der Waals surface area contributed by atoms with Crippen LogP contribution in [0, 0.1) is 18.8 Å². The van der Waals surface area contributed by atoms with Gasteiger partial charge in [0.1, 0.15) is 17.1 Å². The summed E-state index contributed by atoms with van der Waals surface area (Å²) >= 11 is 0. The van der Waals surface area contributed by atoms with Gasteiger partial charge in [0, 0.05) is 31.9 Å². The summed E-state index contributed by atoms with van der Waals surface area (Å²) < 4.78 is 5.65. The van der Waals surface area contributed by atoms with Crippen LogP contribution in [0.15, 0.2) is 24.4 Å². The number of aromatic nitrogens is 2. The molecule has 1 saturated heterocycles. The minimum atomic E-state index is -0.253. The fourth-order valence-electron chi connectivity index (χ4n) is 5.20. The van der Waals surface area contributed by atoms with E-state index in [1.807, 2.05) is 26.0 Å². The van der Waals surface area contributed by atoms with E-state index in [0.717, 1.165) is 67.5 Å². The molecule has 34 heavy (non-hydrogen) atoms. The predicted octanol–water partition coefficient (Wildman–Crippen LogP) is 3.29. The zero-order valence-corrected chi connectivity index (χ0v) is 20.1. The quantitative estimate of drug-likeness (QED) is 0.550. The van der Waals surface area contributed by atoms with Crippen molar-refractivity contribution >= 4 is 17.7 Å². The number of nitrogens with one attached hydrogen (secondary N) is 2. The first-order valence-corrected chi connectivity index (χ1v) is 12.6. The molecular weight excluding hydrogens is 430 g/mol. The Balaban J connectivity index is 1.33. The summed E-state index contributed by atoms with van der Waals surface area (Å²) in [4.78, 5) is 24.8. The first kappa shape index (κ1) is 22.9. The number of piperidine rings is 1. The number of aliphatic hydroxyl groups excluding tert-OH is 1. The van der Waals surface area contributed by atoms with Crippen LogP contribution in [0.5, 0.6) is 5.75 Å². The summed E-state index contributed by atoms with van der Waals surface area (Å²) in [7, 11) is 0. The number of carbonyl (C=O) groups excluding carboxylic acids is 1. The van der Waals surface area contributed by atoms with E-state index < -0.39 is 0 Å². The van der Waals surface area contributed by atoms with Crippen LogP contribution < -0.4 is 20.3 Å². The maximum atomic E-state index is 13.2. The number of aliphatic hydroxyl groups is 1. The maximum Gasteiger partial charge on any atom is 0.256 e. The number of benzene rings is 1. The molecule has 2 aromatic rings. The van der Waals surface area contributed by atoms with Crippen molar-refractivity contribution in [2.45, 2.75) is 64.6 Å². The van der Waals surface area contributed by atoms with Gasteiger partial charge in [-0.3, -0.25) is 4.79 Å². The minimum Gasteiger partial charge on any atom is -0.494 e. The van der Waals surface area contributed by atoms with Gasteiger partial charge in [-0.25, -0.2) is 4.98 Å². The number of fused-ring (bicyclic) bond motifs is 1. The van der Waals surface area contributed by atoms with Gasteiger partial charge in [-0.15, -0.1) is 0 Å². The number of ether oxygens (including phenoxy) is 1. The van der Waals surface area contributed by atoms with Gasteiger partial charge in [0.05, 0.1) is 12.7 Å². The Kier molecular flexibility index (Phi) is 6.59. The van der Waals surface area contributed by atoms with Crippen LogP contribution in [0.1, 0.15) is 60.5 Å². The first-order chi connectivity index (χ1) is 16.5. The molecule has 8 heteroatoms. The number of aryl methyl sites for hydroxylation is 1. The van der Waals surface area contributed by atoms with Gasteiger partial charge in [-0.1, -0.05) is 12.1 Å². The smallest absolute Gasteiger partial charge is 0.256 e. The number of amides is 1. The van der Waals surface area contributed by atoms with Crippen molar-refractivity contribution in [3.8, 4) is 5.75 Å². The van der Waals surface area contributed by atoms with Gasteiger partial charge in [0.15, 0.2) is 0 Å². The summed E-state index contributed by atoms with van der Waals surface area (Å²) in [5.41, 5.74) is 2.64. The summed E-state index contributed by atoms with van der Waals surface area (Å²) in [6, 6.07) is 6.20. The van der Waals surface area contributed by atoms with E-state index in [2.05, 4.69) is 26.6 Å². The lowest BCUT2D eigenvalue weighted by molar-refractivity contribution is 0.0867. The maximum absolute atomic E-state index is 13.2. The number of hydrogen-bond donors (Lipinski definition) is 3. The van der Waals surface area contributed by atoms with Gasteiger partial charge in [0.2, 0.25) is 5.95 Å². The lowest BCUT2D eigenvalue weighted by atomic mass is 9.93. The molecule has 1 aromatic heterocycles. The van der Waals surface area contributed by atoms with Crippen LogP contribution in [0.3, 0.4) is 0 Å². The van der Waals surface area contributed by atoms with E-state index in [1.54, 1.807) is 6.20 Å². The number of nitrogens with zero attached hydrogens (tertiary/aromatic N) is 3. The number of hydrogen-bond acceptors (Lipinski definition) is 7. The Bertz CT molecular complexity index is 1030. The molecule has 182 valence electrons. The molecule has 1 amide bonds. The number of carbonyl (C=O) groups is 1. The monoisotopic (exact) mass is 465 g/mol. The fraction of sp³-hybridized carbons (Fsp3) is 0.577. The zero-order chi connectivity index (χ0) is 23.7. The highest BCUT2D eigenvalue weighted by molar-refractivity contribution is 5.98. The van der Waals surface area contributed by atoms with Gasteiger partial charge >= 0.3 is 0 Å². The number of anilines is 2. The largest absolute Gasteiger partial charge is 0.494 e. The third-order valence-electron chi connectivity index (χ3n) is 7.31. The van der Waals surface area contributed by atoms with Crippen molar-refractivity contribution in [2.75, 3.05) is 29.9 Å². The van der Waals surface area contributed by atoms with Crippen molar-refractivity contribution in [3.63, 3.8) is 0 Å². The van der Waals surface area contributed by atoms with Crippen LogP contribution in [0.25, 0.3) is 0 Å². The summed E-state index contributed by atoms with van der Waals surface area (Å²) in [5.74, 6) is 3.52. The SMILES string of the molecule is CCOc1ccc(CNc2nc(N3CC4CC4C3)ncc2C(=O)N[C@H]2CC[C@H](O)CC2)cc1C. The van der Waals surface area contributed by atoms with Crippen LogP contribution in [0.2, 0.25) is 0 Å². The fourth-order valence-corrected chi connectivity index (χ4v) is 5.20. The van der Waals surface area contributed by atoms with E-state index >= 15 is 0 Å². The van der Waals surface area contributed by atoms with Gasteiger partial charge in [0.25, 0.3) is 5.91 Å². The second-order valence-corrected chi connectivity index (χ2v) is 9.96. The molecule has 8 nitrogen and oxygen atoms in total. The van der Waals surface area contributed by atoms with E-state index in [4.69, 9.17) is 9.72 Å². The van der Waals surface area contributed by atoms with Crippen molar-refractivity contribution < 1.29 is 14.6 Å². The average Bonchev–Trinajstić information content (AvgIpc) is 3.45. The molecule has 5 rings (SSSR count). The predicted molar refractivity (Wildman–Crippen MR) is 131 cm³/mol. The molecule has 2 saturated carbocycles. The molecule has 0 radical (unpaired) electrons. The van der Waals surface area contributed by atoms with Crippen molar-refractivity contribution in [2.24, 2.45) is 11.8 Å². The second-order valence-electron chi connectivity index (χ2n) is 9.96. The van der Waals surface area contributed by atoms with Crippen molar-refractivity contribution in [3.05, 3.63) is 41.1 Å². The highest BCUT2D eigenvalue weighted by Crippen LogP contribution is 2.45. The van der Waals surface area contributed by atoms with Crippen LogP contribution >= 0.6 is 0 Å². The summed E-state index contributed by atoms with van der Waals surface area (Å²) in [5, 5.41) is 16.3. The summed E-state index contributed by atoms with van der Waals surface area (Å²) in [6.07, 6.45) is 5.74. The second kappa shape index (κ2) is 9.78. The number of rotatable bonds is 8. The Morgan fingerprint density at radius 1 is 1.21 bits per heavy atom. The third-order valence-corrected chi connectivity index (χ3v) is 7.31. The third kappa shape index (κ3) is 5.12. The standard InChI is InChI=1S/C26H35N5O3/c1-3-34-23-9-4-17(10-16(23)2)12-27-24-22(25(33)29-20-5-7-21(32)8-6-20)13-28-26(30-24)31-14-18-11-19(18)15-31/h4,9-10,13,18-21,32H,3,5-8,11-12,14-15H2,1-2H3,(H,29,33)(H,27,28,30)/t18?,19?,20-,21-. The molecular formula is C26H35N5O3. The van der Waals surface area contributed by atoms with E-state index in [1.165, 1.54) is 6.42 Å². The first-order valence-electron chi connectivity index (χ1n) is 12.6. The van der Waals surface area contributed by atoms with Crippen molar-refractivity contribution in [1.82, 2.24) is 15.3 Å². The molecule has 3 N–H and O–H groups in total. The molecule has 1 aromatic carbocycles. The lowest BCUT2D eigenvalue weighted by Gasteiger charge is -2.26. The Labute approximate surface area is 201 Å². The van der Waals surface area contributed by atoms with E-state index in [9.17, 15) is 9.90 Å². The van der Waals surface area contributed by atoms with Crippen LogP contribution in [0.4, 0.5) is 11.8 Å². The molecule has 2 atom stereocenters. The molecule has 3 aliphatic rings.